The Kier molecular flexibility index (Phi) is 6.74. The molecule has 1 atom stereocenters. The summed E-state index contributed by atoms with van der Waals surface area (Å²) in [4.78, 5) is 24.5. The summed E-state index contributed by atoms with van der Waals surface area (Å²) in [5.41, 5.74) is 2.69. The Morgan fingerprint density at radius 2 is 1.74 bits per heavy atom. The van der Waals surface area contributed by atoms with Gasteiger partial charge in [0, 0.05) is 23.9 Å². The maximum Gasteiger partial charge on any atom is 0.251 e. The zero-order chi connectivity index (χ0) is 20.0. The Morgan fingerprint density at radius 1 is 1.07 bits per heavy atom. The van der Waals surface area contributed by atoms with Gasteiger partial charge in [-0.05, 0) is 37.1 Å². The van der Waals surface area contributed by atoms with Crippen molar-refractivity contribution in [1.82, 2.24) is 5.32 Å². The molecule has 0 unspecified atom stereocenters. The number of amides is 2. The Balaban J connectivity index is 2.07. The zero-order valence-electron chi connectivity index (χ0n) is 15.7. The standard InChI is InChI=1S/C20H24N2O4S/c1-14-9-10-17(13-18(14)22-19(23)11-12-27(3,25)26)20(24)21-15(2)16-7-5-4-6-8-16/h4-10,13,15H,11-12H2,1-3H3,(H,21,24)(H,22,23)/t15-/m1/s1. The molecule has 6 nitrogen and oxygen atoms in total. The lowest BCUT2D eigenvalue weighted by molar-refractivity contribution is -0.115. The van der Waals surface area contributed by atoms with Crippen molar-refractivity contribution in [2.24, 2.45) is 0 Å². The van der Waals surface area contributed by atoms with E-state index in [1.807, 2.05) is 37.3 Å². The first-order valence-corrected chi connectivity index (χ1v) is 10.7. The quantitative estimate of drug-likeness (QED) is 0.763. The first kappa shape index (κ1) is 20.6. The van der Waals surface area contributed by atoms with Gasteiger partial charge in [0.15, 0.2) is 0 Å². The largest absolute Gasteiger partial charge is 0.346 e. The molecule has 0 radical (unpaired) electrons. The van der Waals surface area contributed by atoms with Crippen LogP contribution in [0, 0.1) is 6.92 Å². The minimum absolute atomic E-state index is 0.125. The molecule has 2 aromatic rings. The third kappa shape index (κ3) is 6.53. The Labute approximate surface area is 159 Å². The summed E-state index contributed by atoms with van der Waals surface area (Å²) in [5, 5.41) is 5.61. The summed E-state index contributed by atoms with van der Waals surface area (Å²) >= 11 is 0. The normalized spacial score (nSPS) is 12.3. The lowest BCUT2D eigenvalue weighted by Crippen LogP contribution is -2.26. The smallest absolute Gasteiger partial charge is 0.251 e. The van der Waals surface area contributed by atoms with Crippen LogP contribution in [0.15, 0.2) is 48.5 Å². The van der Waals surface area contributed by atoms with Gasteiger partial charge in [-0.1, -0.05) is 36.4 Å². The topological polar surface area (TPSA) is 92.3 Å². The number of hydrogen-bond donors (Lipinski definition) is 2. The van der Waals surface area contributed by atoms with Gasteiger partial charge in [0.1, 0.15) is 9.84 Å². The van der Waals surface area contributed by atoms with Gasteiger partial charge >= 0.3 is 0 Å². The van der Waals surface area contributed by atoms with E-state index < -0.39 is 15.7 Å². The number of aryl methyl sites for hydroxylation is 1. The lowest BCUT2D eigenvalue weighted by Gasteiger charge is -2.15. The molecule has 0 saturated carbocycles. The number of benzene rings is 2. The highest BCUT2D eigenvalue weighted by Crippen LogP contribution is 2.19. The second-order valence-corrected chi connectivity index (χ2v) is 8.82. The molecule has 0 fully saturated rings. The summed E-state index contributed by atoms with van der Waals surface area (Å²) in [6.07, 6.45) is 0.962. The van der Waals surface area contributed by atoms with Crippen molar-refractivity contribution in [2.75, 3.05) is 17.3 Å². The molecule has 7 heteroatoms. The molecular weight excluding hydrogens is 364 g/mol. The van der Waals surface area contributed by atoms with Gasteiger partial charge in [0.25, 0.3) is 5.91 Å². The maximum absolute atomic E-state index is 12.5. The van der Waals surface area contributed by atoms with Gasteiger partial charge in [0.05, 0.1) is 11.8 Å². The molecule has 144 valence electrons. The molecule has 0 saturated heterocycles. The molecule has 0 aliphatic heterocycles. The van der Waals surface area contributed by atoms with Crippen LogP contribution in [0.25, 0.3) is 0 Å². The Hall–Kier alpha value is -2.67. The first-order chi connectivity index (χ1) is 12.7. The van der Waals surface area contributed by atoms with E-state index in [4.69, 9.17) is 0 Å². The van der Waals surface area contributed by atoms with E-state index in [0.717, 1.165) is 17.4 Å². The van der Waals surface area contributed by atoms with E-state index in [1.165, 1.54) is 0 Å². The first-order valence-electron chi connectivity index (χ1n) is 8.60. The maximum atomic E-state index is 12.5. The van der Waals surface area contributed by atoms with Gasteiger partial charge < -0.3 is 10.6 Å². The van der Waals surface area contributed by atoms with Crippen molar-refractivity contribution < 1.29 is 18.0 Å². The molecule has 2 aromatic carbocycles. The summed E-state index contributed by atoms with van der Waals surface area (Å²) in [6, 6.07) is 14.5. The summed E-state index contributed by atoms with van der Waals surface area (Å²) in [5.74, 6) is -0.871. The van der Waals surface area contributed by atoms with Crippen LogP contribution in [0.2, 0.25) is 0 Å². The highest BCUT2D eigenvalue weighted by molar-refractivity contribution is 7.90. The second-order valence-electron chi connectivity index (χ2n) is 6.56. The Bertz CT molecular complexity index is 924. The predicted molar refractivity (Wildman–Crippen MR) is 106 cm³/mol. The number of sulfone groups is 1. The van der Waals surface area contributed by atoms with Crippen molar-refractivity contribution in [2.45, 2.75) is 26.3 Å². The average molecular weight is 388 g/mol. The van der Waals surface area contributed by atoms with Crippen molar-refractivity contribution in [3.63, 3.8) is 0 Å². The number of anilines is 1. The lowest BCUT2D eigenvalue weighted by atomic mass is 10.1. The van der Waals surface area contributed by atoms with Crippen LogP contribution < -0.4 is 10.6 Å². The monoisotopic (exact) mass is 388 g/mol. The average Bonchev–Trinajstić information content (AvgIpc) is 2.62. The van der Waals surface area contributed by atoms with Crippen molar-refractivity contribution in [3.05, 3.63) is 65.2 Å². The van der Waals surface area contributed by atoms with E-state index in [9.17, 15) is 18.0 Å². The molecule has 0 heterocycles. The molecule has 0 aliphatic rings. The second kappa shape index (κ2) is 8.81. The van der Waals surface area contributed by atoms with E-state index in [2.05, 4.69) is 10.6 Å². The van der Waals surface area contributed by atoms with Gasteiger partial charge in [-0.15, -0.1) is 0 Å². The van der Waals surface area contributed by atoms with Gasteiger partial charge in [-0.25, -0.2) is 8.42 Å². The zero-order valence-corrected chi connectivity index (χ0v) is 16.5. The number of nitrogens with one attached hydrogen (secondary N) is 2. The van der Waals surface area contributed by atoms with Crippen molar-refractivity contribution in [3.8, 4) is 0 Å². The summed E-state index contributed by atoms with van der Waals surface area (Å²) in [6.45, 7) is 3.70. The molecular formula is C20H24N2O4S. The highest BCUT2D eigenvalue weighted by atomic mass is 32.2. The van der Waals surface area contributed by atoms with Crippen LogP contribution >= 0.6 is 0 Å². The van der Waals surface area contributed by atoms with Crippen molar-refractivity contribution >= 4 is 27.3 Å². The van der Waals surface area contributed by atoms with Crippen LogP contribution in [0.3, 0.4) is 0 Å². The molecule has 0 aliphatic carbocycles. The predicted octanol–water partition coefficient (Wildman–Crippen LogP) is 2.86. The van der Waals surface area contributed by atoms with Gasteiger partial charge in [-0.3, -0.25) is 9.59 Å². The summed E-state index contributed by atoms with van der Waals surface area (Å²) in [7, 11) is -3.21. The van der Waals surface area contributed by atoms with Crippen LogP contribution in [-0.4, -0.2) is 32.2 Å². The van der Waals surface area contributed by atoms with E-state index in [-0.39, 0.29) is 24.1 Å². The molecule has 2 rings (SSSR count). The fraction of sp³-hybridized carbons (Fsp3) is 0.300. The third-order valence-electron chi connectivity index (χ3n) is 4.12. The molecule has 0 bridgehead atoms. The molecule has 27 heavy (non-hydrogen) atoms. The molecule has 2 N–H and O–H groups in total. The molecule has 0 spiro atoms. The van der Waals surface area contributed by atoms with E-state index >= 15 is 0 Å². The number of carbonyl (C=O) groups is 2. The van der Waals surface area contributed by atoms with Crippen LogP contribution in [0.5, 0.6) is 0 Å². The van der Waals surface area contributed by atoms with E-state index in [1.54, 1.807) is 25.1 Å². The van der Waals surface area contributed by atoms with Gasteiger partial charge in [-0.2, -0.15) is 0 Å². The fourth-order valence-corrected chi connectivity index (χ4v) is 3.05. The number of carbonyl (C=O) groups excluding carboxylic acids is 2. The van der Waals surface area contributed by atoms with Gasteiger partial charge in [0.2, 0.25) is 5.91 Å². The summed E-state index contributed by atoms with van der Waals surface area (Å²) < 4.78 is 22.4. The molecule has 0 aromatic heterocycles. The Morgan fingerprint density at radius 3 is 2.37 bits per heavy atom. The van der Waals surface area contributed by atoms with E-state index in [0.29, 0.717) is 11.3 Å². The number of hydrogen-bond acceptors (Lipinski definition) is 4. The minimum Gasteiger partial charge on any atom is -0.346 e. The van der Waals surface area contributed by atoms with Crippen LogP contribution in [0.1, 0.15) is 40.9 Å². The van der Waals surface area contributed by atoms with Crippen molar-refractivity contribution in [1.29, 1.82) is 0 Å². The van der Waals surface area contributed by atoms with Crippen LogP contribution in [-0.2, 0) is 14.6 Å². The highest BCUT2D eigenvalue weighted by Gasteiger charge is 2.14. The SMILES string of the molecule is Cc1ccc(C(=O)N[C@H](C)c2ccccc2)cc1NC(=O)CCS(C)(=O)=O. The minimum atomic E-state index is -3.21. The van der Waals surface area contributed by atoms with Crippen LogP contribution in [0.4, 0.5) is 5.69 Å². The third-order valence-corrected chi connectivity index (χ3v) is 5.07. The number of rotatable bonds is 7. The fourth-order valence-electron chi connectivity index (χ4n) is 2.49. The molecule has 2 amide bonds.